The van der Waals surface area contributed by atoms with Crippen LogP contribution in [0.4, 0.5) is 8.78 Å². The molecule has 0 bridgehead atoms. The number of carbonyl (C=O) groups excluding carboxylic acids is 1. The van der Waals surface area contributed by atoms with Crippen molar-refractivity contribution >= 4 is 5.91 Å². The van der Waals surface area contributed by atoms with Gasteiger partial charge in [-0.3, -0.25) is 4.79 Å². The molecule has 0 aliphatic carbocycles. The Hall–Kier alpha value is -2.09. The van der Waals surface area contributed by atoms with Gasteiger partial charge in [-0.15, -0.1) is 0 Å². The van der Waals surface area contributed by atoms with E-state index in [0.717, 1.165) is 0 Å². The lowest BCUT2D eigenvalue weighted by Crippen LogP contribution is -2.54. The van der Waals surface area contributed by atoms with Crippen LogP contribution in [-0.2, 0) is 0 Å². The van der Waals surface area contributed by atoms with Crippen LogP contribution in [0.2, 0.25) is 0 Å². The van der Waals surface area contributed by atoms with E-state index in [1.54, 1.807) is 4.90 Å². The molecule has 1 aliphatic rings. The third-order valence-electron chi connectivity index (χ3n) is 4.51. The first kappa shape index (κ1) is 19.2. The van der Waals surface area contributed by atoms with Crippen LogP contribution in [0.25, 0.3) is 0 Å². The van der Waals surface area contributed by atoms with Crippen molar-refractivity contribution in [3.8, 4) is 17.2 Å². The van der Waals surface area contributed by atoms with E-state index in [2.05, 4.69) is 4.74 Å². The van der Waals surface area contributed by atoms with Crippen LogP contribution in [0.3, 0.4) is 0 Å². The predicted octanol–water partition coefficient (Wildman–Crippen LogP) is 2.50. The molecule has 0 saturated carbocycles. The monoisotopic (exact) mass is 358 g/mol. The Morgan fingerprint density at radius 3 is 2.28 bits per heavy atom. The maximum absolute atomic E-state index is 12.8. The molecule has 1 aromatic carbocycles. The number of piperidine rings is 1. The van der Waals surface area contributed by atoms with Gasteiger partial charge in [0.1, 0.15) is 0 Å². The molecule has 6 nitrogen and oxygen atoms in total. The number of ether oxygens (including phenoxy) is 3. The van der Waals surface area contributed by atoms with Crippen LogP contribution in [0, 0.1) is 5.41 Å². The Morgan fingerprint density at radius 2 is 1.84 bits per heavy atom. The Balaban J connectivity index is 2.34. The van der Waals surface area contributed by atoms with Crippen LogP contribution < -0.4 is 19.9 Å². The number of nitrogens with two attached hydrogens (primary N) is 1. The lowest BCUT2D eigenvalue weighted by molar-refractivity contribution is -0.0526. The molecule has 1 aromatic rings. The van der Waals surface area contributed by atoms with Gasteiger partial charge in [-0.05, 0) is 24.0 Å². The number of likely N-dealkylation sites (tertiary alicyclic amines) is 1. The van der Waals surface area contributed by atoms with Gasteiger partial charge in [0.05, 0.1) is 14.2 Å². The summed E-state index contributed by atoms with van der Waals surface area (Å²) in [7, 11) is 2.62. The molecule has 8 heteroatoms. The van der Waals surface area contributed by atoms with Crippen LogP contribution >= 0.6 is 0 Å². The van der Waals surface area contributed by atoms with Crippen molar-refractivity contribution in [2.45, 2.75) is 32.9 Å². The van der Waals surface area contributed by atoms with Crippen molar-refractivity contribution in [3.63, 3.8) is 0 Å². The summed E-state index contributed by atoms with van der Waals surface area (Å²) in [6, 6.07) is 2.77. The van der Waals surface area contributed by atoms with Gasteiger partial charge >= 0.3 is 6.61 Å². The summed E-state index contributed by atoms with van der Waals surface area (Å²) < 4.78 is 39.9. The van der Waals surface area contributed by atoms with Crippen molar-refractivity contribution < 1.29 is 27.8 Å². The molecule has 1 unspecified atom stereocenters. The number of halogens is 2. The molecule has 1 fully saturated rings. The van der Waals surface area contributed by atoms with E-state index in [1.165, 1.54) is 26.4 Å². The van der Waals surface area contributed by atoms with E-state index in [-0.39, 0.29) is 40.2 Å². The minimum Gasteiger partial charge on any atom is -0.493 e. The minimum absolute atomic E-state index is 0.0102. The van der Waals surface area contributed by atoms with Crippen molar-refractivity contribution in [3.05, 3.63) is 17.7 Å². The molecule has 1 saturated heterocycles. The highest BCUT2D eigenvalue weighted by Gasteiger charge is 2.36. The molecule has 0 radical (unpaired) electrons. The zero-order valence-electron chi connectivity index (χ0n) is 14.8. The zero-order chi connectivity index (χ0) is 18.8. The van der Waals surface area contributed by atoms with Gasteiger partial charge in [0.15, 0.2) is 11.5 Å². The summed E-state index contributed by atoms with van der Waals surface area (Å²) in [5.74, 6) is -0.454. The number of rotatable bonds is 5. The van der Waals surface area contributed by atoms with E-state index >= 15 is 0 Å². The summed E-state index contributed by atoms with van der Waals surface area (Å²) >= 11 is 0. The number of alkyl halides is 2. The standard InChI is InChI=1S/C17H24F2N2O4/c1-17(2)9-21(6-5-13(17)20)15(22)10-7-11(23-3)14(25-16(18)19)12(8-10)24-4/h7-8,13,16H,5-6,9,20H2,1-4H3. The summed E-state index contributed by atoms with van der Waals surface area (Å²) in [5, 5.41) is 0. The van der Waals surface area contributed by atoms with Crippen molar-refractivity contribution in [1.82, 2.24) is 4.90 Å². The summed E-state index contributed by atoms with van der Waals surface area (Å²) in [5.41, 5.74) is 6.18. The van der Waals surface area contributed by atoms with Crippen molar-refractivity contribution in [2.24, 2.45) is 11.1 Å². The van der Waals surface area contributed by atoms with Gasteiger partial charge in [-0.25, -0.2) is 0 Å². The molecule has 2 rings (SSSR count). The first-order valence-electron chi connectivity index (χ1n) is 7.95. The van der Waals surface area contributed by atoms with Gasteiger partial charge in [0.2, 0.25) is 5.75 Å². The van der Waals surface area contributed by atoms with E-state index in [9.17, 15) is 13.6 Å². The Morgan fingerprint density at radius 1 is 1.28 bits per heavy atom. The number of benzene rings is 1. The smallest absolute Gasteiger partial charge is 0.387 e. The van der Waals surface area contributed by atoms with Crippen LogP contribution in [0.1, 0.15) is 30.6 Å². The molecule has 140 valence electrons. The number of hydrogen-bond donors (Lipinski definition) is 1. The van der Waals surface area contributed by atoms with Gasteiger partial charge in [0.25, 0.3) is 5.91 Å². The number of amides is 1. The van der Waals surface area contributed by atoms with Crippen molar-refractivity contribution in [1.29, 1.82) is 0 Å². The number of nitrogens with zero attached hydrogens (tertiary/aromatic N) is 1. The highest BCUT2D eigenvalue weighted by atomic mass is 19.3. The molecule has 1 heterocycles. The topological polar surface area (TPSA) is 74.0 Å². The van der Waals surface area contributed by atoms with E-state index < -0.39 is 6.61 Å². The SMILES string of the molecule is COc1cc(C(=O)N2CCC(N)C(C)(C)C2)cc(OC)c1OC(F)F. The third kappa shape index (κ3) is 4.12. The summed E-state index contributed by atoms with van der Waals surface area (Å²) in [6.45, 7) is 2.03. The van der Waals surface area contributed by atoms with E-state index in [1.807, 2.05) is 13.8 Å². The molecular formula is C17H24F2N2O4. The average Bonchev–Trinajstić information content (AvgIpc) is 2.56. The molecule has 1 atom stereocenters. The molecule has 1 aliphatic heterocycles. The van der Waals surface area contributed by atoms with Crippen LogP contribution in [0.15, 0.2) is 12.1 Å². The highest BCUT2D eigenvalue weighted by molar-refractivity contribution is 5.95. The van der Waals surface area contributed by atoms with Gasteiger partial charge < -0.3 is 24.8 Å². The largest absolute Gasteiger partial charge is 0.493 e. The average molecular weight is 358 g/mol. The predicted molar refractivity (Wildman–Crippen MR) is 88.5 cm³/mol. The second-order valence-corrected chi connectivity index (χ2v) is 6.70. The van der Waals surface area contributed by atoms with E-state index in [0.29, 0.717) is 19.5 Å². The highest BCUT2D eigenvalue weighted by Crippen LogP contribution is 2.40. The lowest BCUT2D eigenvalue weighted by Gasteiger charge is -2.42. The second kappa shape index (κ2) is 7.43. The fourth-order valence-electron chi connectivity index (χ4n) is 2.94. The number of hydrogen-bond acceptors (Lipinski definition) is 5. The Kier molecular flexibility index (Phi) is 5.72. The Labute approximate surface area is 145 Å². The zero-order valence-corrected chi connectivity index (χ0v) is 14.8. The Bertz CT molecular complexity index is 612. The number of carbonyl (C=O) groups is 1. The molecule has 1 amide bonds. The fourth-order valence-corrected chi connectivity index (χ4v) is 2.94. The first-order valence-corrected chi connectivity index (χ1v) is 7.95. The lowest BCUT2D eigenvalue weighted by atomic mass is 9.79. The van der Waals surface area contributed by atoms with Gasteiger partial charge in [0, 0.05) is 24.7 Å². The minimum atomic E-state index is -3.03. The first-order chi connectivity index (χ1) is 11.7. The molecular weight excluding hydrogens is 334 g/mol. The van der Waals surface area contributed by atoms with Crippen LogP contribution in [0.5, 0.6) is 17.2 Å². The second-order valence-electron chi connectivity index (χ2n) is 6.70. The number of methoxy groups -OCH3 is 2. The van der Waals surface area contributed by atoms with Gasteiger partial charge in [-0.1, -0.05) is 13.8 Å². The fraction of sp³-hybridized carbons (Fsp3) is 0.588. The molecule has 0 spiro atoms. The molecule has 25 heavy (non-hydrogen) atoms. The van der Waals surface area contributed by atoms with E-state index in [4.69, 9.17) is 15.2 Å². The normalized spacial score (nSPS) is 19.7. The summed E-state index contributed by atoms with van der Waals surface area (Å²) in [4.78, 5) is 14.5. The van der Waals surface area contributed by atoms with Crippen LogP contribution in [-0.4, -0.2) is 50.8 Å². The quantitative estimate of drug-likeness (QED) is 0.875. The maximum Gasteiger partial charge on any atom is 0.387 e. The maximum atomic E-state index is 12.8. The van der Waals surface area contributed by atoms with Gasteiger partial charge in [-0.2, -0.15) is 8.78 Å². The van der Waals surface area contributed by atoms with Crippen molar-refractivity contribution in [2.75, 3.05) is 27.3 Å². The third-order valence-corrected chi connectivity index (χ3v) is 4.51. The summed E-state index contributed by atoms with van der Waals surface area (Å²) in [6.07, 6.45) is 0.694. The molecule has 0 aromatic heterocycles. The molecule has 2 N–H and O–H groups in total.